The number of aliphatic carboxylic acids is 3. The van der Waals surface area contributed by atoms with E-state index in [4.69, 9.17) is 20.9 Å². The molecule has 0 radical (unpaired) electrons. The number of rotatable bonds is 14. The quantitative estimate of drug-likeness (QED) is 0.0805. The number of aromatic nitrogens is 4. The molecule has 0 saturated carbocycles. The van der Waals surface area contributed by atoms with Crippen LogP contribution in [0.1, 0.15) is 12.6 Å². The van der Waals surface area contributed by atoms with Crippen LogP contribution in [0.15, 0.2) is 36.7 Å². The second-order valence-electron chi connectivity index (χ2n) is 11.5. The summed E-state index contributed by atoms with van der Waals surface area (Å²) in [6, 6.07) is 0. The van der Waals surface area contributed by atoms with Gasteiger partial charge in [0.1, 0.15) is 36.8 Å². The molecular weight excluding hydrogens is 768 g/mol. The first-order chi connectivity index (χ1) is 24.5. The van der Waals surface area contributed by atoms with Gasteiger partial charge >= 0.3 is 33.6 Å². The van der Waals surface area contributed by atoms with Gasteiger partial charge in [0.25, 0.3) is 5.60 Å². The number of phosphoric acid groups is 2. The van der Waals surface area contributed by atoms with Crippen LogP contribution in [0.3, 0.4) is 0 Å². The number of anilines is 1. The summed E-state index contributed by atoms with van der Waals surface area (Å²) in [5, 5.41) is 73.6. The van der Waals surface area contributed by atoms with Crippen molar-refractivity contribution in [3.8, 4) is 0 Å². The summed E-state index contributed by atoms with van der Waals surface area (Å²) in [7, 11) is -12.0. The summed E-state index contributed by atoms with van der Waals surface area (Å²) in [5.41, 5.74) is -2.55. The zero-order valence-corrected chi connectivity index (χ0v) is 28.0. The van der Waals surface area contributed by atoms with E-state index in [9.17, 15) is 73.8 Å². The van der Waals surface area contributed by atoms with Crippen molar-refractivity contribution < 1.29 is 96.7 Å². The number of ether oxygens (including phenoxy) is 2. The van der Waals surface area contributed by atoms with E-state index in [1.54, 1.807) is 0 Å². The Morgan fingerprint density at radius 2 is 1.64 bits per heavy atom. The predicted molar refractivity (Wildman–Crippen MR) is 162 cm³/mol. The van der Waals surface area contributed by atoms with Crippen molar-refractivity contribution in [1.82, 2.24) is 24.4 Å². The van der Waals surface area contributed by atoms with E-state index in [2.05, 4.69) is 28.3 Å². The lowest BCUT2D eigenvalue weighted by atomic mass is 9.72. The van der Waals surface area contributed by atoms with Gasteiger partial charge in [-0.2, -0.15) is 4.31 Å². The number of carbonyl (C=O) groups excluding carboxylic acids is 1. The Morgan fingerprint density at radius 1 is 0.981 bits per heavy atom. The number of nitrogens with two attached hydrogens (primary N) is 2. The number of allylic oxidation sites excluding steroid dienone is 1. The predicted octanol–water partition coefficient (Wildman–Crippen LogP) is -4.32. The normalized spacial score (nSPS) is 33.7. The number of nitrogen functional groups attached to an aromatic ring is 1. The Balaban J connectivity index is 1.36. The zero-order chi connectivity index (χ0) is 39.5. The maximum atomic E-state index is 12.8. The molecule has 5 rings (SSSR count). The molecule has 2 unspecified atom stereocenters. The van der Waals surface area contributed by atoms with Crippen LogP contribution in [-0.2, 0) is 51.1 Å². The molecule has 3 aliphatic rings. The minimum Gasteiger partial charge on any atom is -0.479 e. The van der Waals surface area contributed by atoms with E-state index in [0.717, 1.165) is 11.2 Å². The molecule has 2 fully saturated rings. The third kappa shape index (κ3) is 6.56. The summed E-state index contributed by atoms with van der Waals surface area (Å²) in [6.07, 6.45) is -3.76. The van der Waals surface area contributed by atoms with E-state index < -0.39 is 106 Å². The minimum atomic E-state index is -6.16. The molecule has 290 valence electrons. The number of aliphatic hydroxyl groups is 4. The average molecular weight is 797 g/mol. The average Bonchev–Trinajstić information content (AvgIpc) is 3.69. The summed E-state index contributed by atoms with van der Waals surface area (Å²) in [4.78, 5) is 81.8. The molecule has 2 aromatic heterocycles. The smallest absolute Gasteiger partial charge is 0.479 e. The molecule has 10 atom stereocenters. The van der Waals surface area contributed by atoms with Gasteiger partial charge in [0.2, 0.25) is 17.1 Å². The number of phosphoric ester groups is 2. The molecule has 5 heterocycles. The van der Waals surface area contributed by atoms with Gasteiger partial charge in [0.15, 0.2) is 23.9 Å². The van der Waals surface area contributed by atoms with E-state index >= 15 is 0 Å². The lowest BCUT2D eigenvalue weighted by molar-refractivity contribution is -0.221. The van der Waals surface area contributed by atoms with Crippen LogP contribution in [0.25, 0.3) is 11.2 Å². The maximum absolute atomic E-state index is 12.8. The number of fused-ring (bicyclic) bond motifs is 1. The first-order valence-electron chi connectivity index (χ1n) is 14.4. The minimum absolute atomic E-state index is 0.0945. The number of hydrogen-bond acceptors (Lipinski definition) is 20. The summed E-state index contributed by atoms with van der Waals surface area (Å²) >= 11 is 0. The highest BCUT2D eigenvalue weighted by atomic mass is 31.3. The number of amides is 1. The van der Waals surface area contributed by atoms with Gasteiger partial charge in [-0.25, -0.2) is 38.5 Å². The fourth-order valence-electron chi connectivity index (χ4n) is 5.68. The second kappa shape index (κ2) is 13.7. The molecule has 1 amide bonds. The molecule has 2 aromatic rings. The molecule has 0 bridgehead atoms. The molecule has 13 N–H and O–H groups in total. The lowest BCUT2D eigenvalue weighted by Crippen LogP contribution is -2.74. The van der Waals surface area contributed by atoms with Gasteiger partial charge in [-0.15, -0.1) is 0 Å². The molecule has 3 aliphatic heterocycles. The highest BCUT2D eigenvalue weighted by Gasteiger charge is 2.85. The van der Waals surface area contributed by atoms with Gasteiger partial charge in [-0.3, -0.25) is 18.4 Å². The third-order valence-corrected chi connectivity index (χ3v) is 10.9. The fourth-order valence-corrected chi connectivity index (χ4v) is 7.78. The van der Waals surface area contributed by atoms with Crippen LogP contribution < -0.4 is 11.5 Å². The van der Waals surface area contributed by atoms with Crippen LogP contribution in [0, 0.1) is 0 Å². The van der Waals surface area contributed by atoms with Crippen LogP contribution in [0.2, 0.25) is 0 Å². The highest BCUT2D eigenvalue weighted by Crippen LogP contribution is 2.62. The van der Waals surface area contributed by atoms with Crippen molar-refractivity contribution in [1.29, 1.82) is 0 Å². The number of aliphatic hydroxyl groups excluding tert-OH is 2. The standard InChI is InChI=1S/C24H29N7O20P2/c25-14-11-16(28-7-27-14)31(8-29-11)18-23(41,20(37)38)24(42,21(39)40)22(50-18,19(35)36)6-48-53(45,46)51-52(43,44)47-5-10-12(32)13(33)17(49-10)30-3-1-2-9(4-30)15(26)34/h1,3-4,7-8,10,12-13,17-18,32-33,41-42H,2,5-6H2,(H2,26,34)(H,35,36)(H,37,38)(H,39,40)(H,43,44)(H,45,46)(H2,25,27,28)/t10-,12-,13-,17-,18-,22+,23-,24-/m1/s1. The van der Waals surface area contributed by atoms with Crippen molar-refractivity contribution in [3.63, 3.8) is 0 Å². The molecule has 0 aliphatic carbocycles. The zero-order valence-electron chi connectivity index (χ0n) is 26.2. The van der Waals surface area contributed by atoms with Crippen molar-refractivity contribution in [2.24, 2.45) is 5.73 Å². The summed E-state index contributed by atoms with van der Waals surface area (Å²) < 4.78 is 49.7. The van der Waals surface area contributed by atoms with Crippen molar-refractivity contribution in [2.45, 2.75) is 54.0 Å². The van der Waals surface area contributed by atoms with Gasteiger partial charge in [0.05, 0.1) is 12.9 Å². The van der Waals surface area contributed by atoms with E-state index in [-0.39, 0.29) is 23.3 Å². The Kier molecular flexibility index (Phi) is 10.3. The molecule has 27 nitrogen and oxygen atoms in total. The Labute approximate surface area is 293 Å². The number of carboxylic acid groups (broad SMARTS) is 3. The summed E-state index contributed by atoms with van der Waals surface area (Å²) in [5.74, 6) is -9.14. The number of primary amides is 1. The highest BCUT2D eigenvalue weighted by molar-refractivity contribution is 7.61. The Bertz CT molecular complexity index is 2010. The van der Waals surface area contributed by atoms with E-state index in [1.165, 1.54) is 18.5 Å². The largest absolute Gasteiger partial charge is 0.481 e. The van der Waals surface area contributed by atoms with Crippen LogP contribution in [0.5, 0.6) is 0 Å². The van der Waals surface area contributed by atoms with Crippen LogP contribution in [0.4, 0.5) is 5.82 Å². The third-order valence-electron chi connectivity index (χ3n) is 8.33. The van der Waals surface area contributed by atoms with E-state index in [0.29, 0.717) is 10.9 Å². The van der Waals surface area contributed by atoms with Gasteiger partial charge in [-0.1, -0.05) is 6.08 Å². The number of hydrogen-bond donors (Lipinski definition) is 11. The van der Waals surface area contributed by atoms with Crippen molar-refractivity contribution >= 4 is 56.4 Å². The number of imidazole rings is 1. The summed E-state index contributed by atoms with van der Waals surface area (Å²) in [6.45, 7) is -3.34. The number of carboxylic acids is 3. The van der Waals surface area contributed by atoms with Gasteiger partial charge in [-0.05, 0) is 6.42 Å². The first-order valence-corrected chi connectivity index (χ1v) is 17.4. The SMILES string of the molecule is NC(=O)C1=CN([C@@H]2O[C@H](COP(=O)(O)OP(=O)(O)OC[C@@]3(C(=O)O)O[C@@H](n4cnc5c(N)ncnc54)[C@@](O)(C(=O)O)[C@@]3(O)C(=O)O)[C@@H](O)[C@H]2O)C=CC1. The van der Waals surface area contributed by atoms with Crippen LogP contribution >= 0.6 is 15.6 Å². The molecule has 29 heteroatoms. The van der Waals surface area contributed by atoms with Gasteiger partial charge < -0.3 is 71.4 Å². The fraction of sp³-hybridized carbons (Fsp3) is 0.458. The van der Waals surface area contributed by atoms with Crippen LogP contribution in [-0.4, -0.2) is 148 Å². The first kappa shape index (κ1) is 39.7. The Morgan fingerprint density at radius 3 is 2.25 bits per heavy atom. The maximum Gasteiger partial charge on any atom is 0.481 e. The second-order valence-corrected chi connectivity index (χ2v) is 14.5. The monoisotopic (exact) mass is 797 g/mol. The van der Waals surface area contributed by atoms with Crippen molar-refractivity contribution in [2.75, 3.05) is 18.9 Å². The molecule has 0 aromatic carbocycles. The number of nitrogens with zero attached hydrogens (tertiary/aromatic N) is 5. The van der Waals surface area contributed by atoms with E-state index in [1.807, 2.05) is 0 Å². The Hall–Kier alpha value is -4.47. The molecule has 53 heavy (non-hydrogen) atoms. The lowest BCUT2D eigenvalue weighted by Gasteiger charge is -2.38. The topological polar surface area (TPSA) is 430 Å². The van der Waals surface area contributed by atoms with Gasteiger partial charge in [0, 0.05) is 18.0 Å². The number of carbonyl (C=O) groups is 4. The molecule has 0 spiro atoms. The van der Waals surface area contributed by atoms with Crippen molar-refractivity contribution in [3.05, 3.63) is 36.7 Å². The molecular formula is C24H29N7O20P2. The molecule has 2 saturated heterocycles.